The molecule has 1 aromatic carbocycles. The van der Waals surface area contributed by atoms with Crippen molar-refractivity contribution in [2.75, 3.05) is 0 Å². The van der Waals surface area contributed by atoms with Crippen LogP contribution in [0.2, 0.25) is 0 Å². The van der Waals surface area contributed by atoms with Gasteiger partial charge < -0.3 is 5.32 Å². The molecule has 1 N–H and O–H groups in total. The summed E-state index contributed by atoms with van der Waals surface area (Å²) < 4.78 is 28.5. The minimum Gasteiger partial charge on any atom is -0.311 e. The number of benzene rings is 1. The first-order chi connectivity index (χ1) is 8.07. The fraction of sp³-hybridized carbons (Fsp3) is 0.571. The summed E-state index contributed by atoms with van der Waals surface area (Å²) in [6.45, 7) is 1.70. The number of fused-ring (bicyclic) bond motifs is 2. The average Bonchev–Trinajstić information content (AvgIpc) is 2.62. The van der Waals surface area contributed by atoms with Crippen molar-refractivity contribution in [1.82, 2.24) is 5.32 Å². The summed E-state index contributed by atoms with van der Waals surface area (Å²) in [5, 5.41) is 3.41. The number of rotatable bonds is 1. The van der Waals surface area contributed by atoms with Gasteiger partial charge in [-0.25, -0.2) is 8.78 Å². The van der Waals surface area contributed by atoms with Crippen molar-refractivity contribution in [1.29, 1.82) is 0 Å². The fourth-order valence-electron chi connectivity index (χ4n) is 3.20. The van der Waals surface area contributed by atoms with Crippen molar-refractivity contribution in [3.63, 3.8) is 0 Å². The van der Waals surface area contributed by atoms with Gasteiger partial charge >= 0.3 is 0 Å². The number of alkyl halides is 1. The Bertz CT molecular complexity index is 432. The lowest BCUT2D eigenvalue weighted by Crippen LogP contribution is -2.44. The molecule has 0 saturated carbocycles. The van der Waals surface area contributed by atoms with Crippen molar-refractivity contribution in [2.45, 2.75) is 50.4 Å². The predicted octanol–water partition coefficient (Wildman–Crippen LogP) is 3.21. The van der Waals surface area contributed by atoms with Gasteiger partial charge in [-0.15, -0.1) is 0 Å². The summed E-state index contributed by atoms with van der Waals surface area (Å²) in [5.41, 5.74) is -0.251. The summed E-state index contributed by atoms with van der Waals surface area (Å²) in [7, 11) is 0. The van der Waals surface area contributed by atoms with Crippen molar-refractivity contribution >= 4 is 0 Å². The van der Waals surface area contributed by atoms with E-state index in [1.165, 1.54) is 6.07 Å². The van der Waals surface area contributed by atoms with Crippen LogP contribution in [0.1, 0.15) is 36.8 Å². The molecular weight excluding hydrogens is 220 g/mol. The van der Waals surface area contributed by atoms with Crippen LogP contribution in [0.15, 0.2) is 18.2 Å². The van der Waals surface area contributed by atoms with Gasteiger partial charge in [-0.05, 0) is 37.0 Å². The third-order valence-corrected chi connectivity index (χ3v) is 4.16. The molecule has 0 amide bonds. The van der Waals surface area contributed by atoms with Gasteiger partial charge in [-0.2, -0.15) is 0 Å². The number of hydrogen-bond acceptors (Lipinski definition) is 1. The maximum atomic E-state index is 15.0. The van der Waals surface area contributed by atoms with E-state index in [1.807, 2.05) is 0 Å². The number of halogens is 2. The molecule has 3 rings (SSSR count). The molecule has 1 aromatic rings. The molecule has 17 heavy (non-hydrogen) atoms. The fourth-order valence-corrected chi connectivity index (χ4v) is 3.20. The molecule has 2 bridgehead atoms. The number of piperidine rings is 1. The van der Waals surface area contributed by atoms with Gasteiger partial charge in [0.2, 0.25) is 0 Å². The van der Waals surface area contributed by atoms with Crippen molar-refractivity contribution in [2.24, 2.45) is 0 Å². The first kappa shape index (κ1) is 11.1. The Morgan fingerprint density at radius 1 is 1.24 bits per heavy atom. The molecule has 2 unspecified atom stereocenters. The smallest absolute Gasteiger partial charge is 0.139 e. The molecule has 2 atom stereocenters. The molecule has 0 aliphatic carbocycles. The first-order valence-corrected chi connectivity index (χ1v) is 6.28. The van der Waals surface area contributed by atoms with Crippen LogP contribution >= 0.6 is 0 Å². The van der Waals surface area contributed by atoms with Gasteiger partial charge in [0, 0.05) is 24.9 Å². The SMILES string of the molecule is Cc1ccc(C2(F)CC3CCC(C2)N3)cc1F. The second-order valence-corrected chi connectivity index (χ2v) is 5.48. The molecule has 3 heteroatoms. The highest BCUT2D eigenvalue weighted by molar-refractivity contribution is 5.29. The second kappa shape index (κ2) is 3.77. The van der Waals surface area contributed by atoms with Crippen LogP contribution in [0.3, 0.4) is 0 Å². The van der Waals surface area contributed by atoms with E-state index in [0.717, 1.165) is 12.8 Å². The van der Waals surface area contributed by atoms with E-state index in [9.17, 15) is 8.78 Å². The van der Waals surface area contributed by atoms with Crippen LogP contribution in [-0.2, 0) is 5.67 Å². The highest BCUT2D eigenvalue weighted by atomic mass is 19.1. The highest BCUT2D eigenvalue weighted by Crippen LogP contribution is 2.43. The Morgan fingerprint density at radius 3 is 2.47 bits per heavy atom. The molecule has 1 nitrogen and oxygen atoms in total. The van der Waals surface area contributed by atoms with Crippen LogP contribution < -0.4 is 5.32 Å². The lowest BCUT2D eigenvalue weighted by molar-refractivity contribution is 0.0870. The monoisotopic (exact) mass is 237 g/mol. The number of nitrogens with one attached hydrogen (secondary N) is 1. The Hall–Kier alpha value is -0.960. The third-order valence-electron chi connectivity index (χ3n) is 4.16. The third kappa shape index (κ3) is 1.86. The molecule has 0 radical (unpaired) electrons. The lowest BCUT2D eigenvalue weighted by Gasteiger charge is -2.35. The molecule has 2 heterocycles. The van der Waals surface area contributed by atoms with Crippen molar-refractivity contribution in [3.05, 3.63) is 35.1 Å². The molecule has 0 aromatic heterocycles. The highest BCUT2D eigenvalue weighted by Gasteiger charge is 2.45. The zero-order valence-corrected chi connectivity index (χ0v) is 9.97. The summed E-state index contributed by atoms with van der Waals surface area (Å²) >= 11 is 0. The Labute approximate surface area is 100 Å². The normalized spacial score (nSPS) is 36.2. The first-order valence-electron chi connectivity index (χ1n) is 6.28. The molecule has 2 aliphatic heterocycles. The zero-order valence-electron chi connectivity index (χ0n) is 9.97. The maximum Gasteiger partial charge on any atom is 0.139 e. The molecule has 2 aliphatic rings. The molecule has 2 fully saturated rings. The Morgan fingerprint density at radius 2 is 1.88 bits per heavy atom. The van der Waals surface area contributed by atoms with Gasteiger partial charge in [-0.3, -0.25) is 0 Å². The summed E-state index contributed by atoms with van der Waals surface area (Å²) in [5.74, 6) is -0.301. The molecule has 92 valence electrons. The van der Waals surface area contributed by atoms with E-state index in [2.05, 4.69) is 5.32 Å². The van der Waals surface area contributed by atoms with Crippen LogP contribution in [0.25, 0.3) is 0 Å². The maximum absolute atomic E-state index is 15.0. The van der Waals surface area contributed by atoms with E-state index in [4.69, 9.17) is 0 Å². The van der Waals surface area contributed by atoms with Gasteiger partial charge in [0.15, 0.2) is 0 Å². The Balaban J connectivity index is 1.94. The summed E-state index contributed by atoms with van der Waals surface area (Å²) in [6.07, 6.45) is 3.05. The van der Waals surface area contributed by atoms with Crippen molar-refractivity contribution < 1.29 is 8.78 Å². The average molecular weight is 237 g/mol. The molecule has 2 saturated heterocycles. The van der Waals surface area contributed by atoms with Crippen LogP contribution in [-0.4, -0.2) is 12.1 Å². The largest absolute Gasteiger partial charge is 0.311 e. The minimum atomic E-state index is -1.34. The molecular formula is C14H17F2N. The van der Waals surface area contributed by atoms with Gasteiger partial charge in [0.25, 0.3) is 0 Å². The van der Waals surface area contributed by atoms with Crippen LogP contribution in [0, 0.1) is 12.7 Å². The second-order valence-electron chi connectivity index (χ2n) is 5.48. The van der Waals surface area contributed by atoms with Crippen LogP contribution in [0.5, 0.6) is 0 Å². The van der Waals surface area contributed by atoms with E-state index < -0.39 is 5.67 Å². The van der Waals surface area contributed by atoms with E-state index in [1.54, 1.807) is 19.1 Å². The van der Waals surface area contributed by atoms with Gasteiger partial charge in [0.05, 0.1) is 0 Å². The van der Waals surface area contributed by atoms with E-state index in [0.29, 0.717) is 24.0 Å². The number of aryl methyl sites for hydroxylation is 1. The molecule has 0 spiro atoms. The lowest BCUT2D eigenvalue weighted by atomic mass is 9.83. The van der Waals surface area contributed by atoms with Gasteiger partial charge in [0.1, 0.15) is 11.5 Å². The van der Waals surface area contributed by atoms with Crippen molar-refractivity contribution in [3.8, 4) is 0 Å². The summed E-state index contributed by atoms with van der Waals surface area (Å²) in [4.78, 5) is 0. The van der Waals surface area contributed by atoms with Gasteiger partial charge in [-0.1, -0.05) is 12.1 Å². The minimum absolute atomic E-state index is 0.267. The van der Waals surface area contributed by atoms with E-state index in [-0.39, 0.29) is 17.9 Å². The summed E-state index contributed by atoms with van der Waals surface area (Å²) in [6, 6.07) is 5.32. The van der Waals surface area contributed by atoms with E-state index >= 15 is 0 Å². The number of hydrogen-bond donors (Lipinski definition) is 1. The quantitative estimate of drug-likeness (QED) is 0.790. The Kier molecular flexibility index (Phi) is 2.47. The predicted molar refractivity (Wildman–Crippen MR) is 63.1 cm³/mol. The zero-order chi connectivity index (χ0) is 12.0. The van der Waals surface area contributed by atoms with Crippen LogP contribution in [0.4, 0.5) is 8.78 Å². The standard InChI is InChI=1S/C14H17F2N/c1-9-2-3-10(6-13(9)15)14(16)7-11-4-5-12(8-14)17-11/h2-3,6,11-12,17H,4-5,7-8H2,1H3. The topological polar surface area (TPSA) is 12.0 Å².